The number of anilines is 1. The molecule has 2 aromatic carbocycles. The van der Waals surface area contributed by atoms with Gasteiger partial charge in [-0.1, -0.05) is 18.2 Å². The molecule has 0 unspecified atom stereocenters. The van der Waals surface area contributed by atoms with E-state index in [2.05, 4.69) is 4.98 Å². The largest absolute Gasteiger partial charge is 0.497 e. The Morgan fingerprint density at radius 1 is 1.05 bits per heavy atom. The van der Waals surface area contributed by atoms with Gasteiger partial charge in [0, 0.05) is 11.5 Å². The van der Waals surface area contributed by atoms with Crippen molar-refractivity contribution in [3.8, 4) is 11.5 Å². The average Bonchev–Trinajstić information content (AvgIpc) is 2.90. The van der Waals surface area contributed by atoms with Crippen LogP contribution in [0, 0.1) is 0 Å². The van der Waals surface area contributed by atoms with E-state index in [0.717, 1.165) is 33.8 Å². The minimum Gasteiger partial charge on any atom is -0.497 e. The summed E-state index contributed by atoms with van der Waals surface area (Å²) in [7, 11) is 1.64. The van der Waals surface area contributed by atoms with Crippen LogP contribution in [0.3, 0.4) is 0 Å². The molecule has 0 fully saturated rings. The molecule has 0 aliphatic heterocycles. The second-order valence-electron chi connectivity index (χ2n) is 4.57. The zero-order valence-corrected chi connectivity index (χ0v) is 11.2. The van der Waals surface area contributed by atoms with Crippen LogP contribution < -0.4 is 15.2 Å². The monoisotopic (exact) mass is 268 g/mol. The predicted molar refractivity (Wildman–Crippen MR) is 80.0 cm³/mol. The number of nitrogens with one attached hydrogen (secondary N) is 1. The lowest BCUT2D eigenvalue weighted by molar-refractivity contribution is 0.300. The standard InChI is InChI=1S/C16H16N2O2/c1-19-13-5-3-6-14(9-13)20-10-12-8-11-4-2-7-15(17)16(11)18-12/h2-9,18H,10,17H2,1H3. The van der Waals surface area contributed by atoms with Gasteiger partial charge in [-0.05, 0) is 24.3 Å². The zero-order valence-electron chi connectivity index (χ0n) is 11.2. The van der Waals surface area contributed by atoms with Gasteiger partial charge in [-0.2, -0.15) is 0 Å². The first-order valence-electron chi connectivity index (χ1n) is 6.39. The van der Waals surface area contributed by atoms with E-state index in [9.17, 15) is 0 Å². The molecule has 0 spiro atoms. The molecular formula is C16H16N2O2. The molecule has 3 N–H and O–H groups in total. The number of hydrogen-bond acceptors (Lipinski definition) is 3. The molecule has 20 heavy (non-hydrogen) atoms. The fraction of sp³-hybridized carbons (Fsp3) is 0.125. The van der Waals surface area contributed by atoms with Crippen molar-refractivity contribution in [1.82, 2.24) is 4.98 Å². The van der Waals surface area contributed by atoms with Crippen LogP contribution in [-0.4, -0.2) is 12.1 Å². The molecule has 1 aromatic heterocycles. The molecule has 0 atom stereocenters. The van der Waals surface area contributed by atoms with Gasteiger partial charge in [-0.15, -0.1) is 0 Å². The number of nitrogens with two attached hydrogens (primary N) is 1. The molecule has 1 heterocycles. The van der Waals surface area contributed by atoms with E-state index in [-0.39, 0.29) is 0 Å². The van der Waals surface area contributed by atoms with Gasteiger partial charge < -0.3 is 20.2 Å². The number of rotatable bonds is 4. The van der Waals surface area contributed by atoms with Crippen molar-refractivity contribution < 1.29 is 9.47 Å². The SMILES string of the molecule is COc1cccc(OCc2cc3cccc(N)c3[nH]2)c1. The fourth-order valence-corrected chi connectivity index (χ4v) is 2.17. The number of benzene rings is 2. The van der Waals surface area contributed by atoms with Crippen molar-refractivity contribution in [2.24, 2.45) is 0 Å². The Kier molecular flexibility index (Phi) is 3.21. The number of hydrogen-bond donors (Lipinski definition) is 2. The van der Waals surface area contributed by atoms with Crippen molar-refractivity contribution in [3.05, 3.63) is 54.2 Å². The lowest BCUT2D eigenvalue weighted by atomic mass is 10.2. The Hall–Kier alpha value is -2.62. The first-order valence-corrected chi connectivity index (χ1v) is 6.39. The first kappa shape index (κ1) is 12.4. The van der Waals surface area contributed by atoms with Crippen molar-refractivity contribution in [3.63, 3.8) is 0 Å². The summed E-state index contributed by atoms with van der Waals surface area (Å²) in [5.74, 6) is 1.55. The van der Waals surface area contributed by atoms with Crippen molar-refractivity contribution in [2.45, 2.75) is 6.61 Å². The second-order valence-corrected chi connectivity index (χ2v) is 4.57. The highest BCUT2D eigenvalue weighted by atomic mass is 16.5. The van der Waals surface area contributed by atoms with Gasteiger partial charge in [0.25, 0.3) is 0 Å². The van der Waals surface area contributed by atoms with Gasteiger partial charge >= 0.3 is 0 Å². The van der Waals surface area contributed by atoms with Gasteiger partial charge in [0.1, 0.15) is 18.1 Å². The highest BCUT2D eigenvalue weighted by Gasteiger charge is 2.04. The maximum absolute atomic E-state index is 5.93. The van der Waals surface area contributed by atoms with Crippen LogP contribution in [0.5, 0.6) is 11.5 Å². The summed E-state index contributed by atoms with van der Waals surface area (Å²) in [5, 5.41) is 1.09. The number of nitrogen functional groups attached to an aromatic ring is 1. The van der Waals surface area contributed by atoms with Crippen LogP contribution in [0.2, 0.25) is 0 Å². The van der Waals surface area contributed by atoms with Crippen LogP contribution in [0.4, 0.5) is 5.69 Å². The van der Waals surface area contributed by atoms with Gasteiger partial charge in [0.2, 0.25) is 0 Å². The molecule has 3 aromatic rings. The van der Waals surface area contributed by atoms with Crippen molar-refractivity contribution in [1.29, 1.82) is 0 Å². The van der Waals surface area contributed by atoms with Crippen LogP contribution in [0.1, 0.15) is 5.69 Å². The normalized spacial score (nSPS) is 10.7. The maximum atomic E-state index is 5.93. The minimum atomic E-state index is 0.460. The Balaban J connectivity index is 1.78. The molecule has 0 saturated carbocycles. The maximum Gasteiger partial charge on any atom is 0.128 e. The van der Waals surface area contributed by atoms with E-state index in [1.807, 2.05) is 48.5 Å². The van der Waals surface area contributed by atoms with Crippen LogP contribution in [0.25, 0.3) is 10.9 Å². The predicted octanol–water partition coefficient (Wildman–Crippen LogP) is 3.34. The molecule has 4 heteroatoms. The van der Waals surface area contributed by atoms with Crippen LogP contribution in [0.15, 0.2) is 48.5 Å². The molecule has 0 amide bonds. The number of ether oxygens (including phenoxy) is 2. The van der Waals surface area contributed by atoms with Gasteiger partial charge in [-0.3, -0.25) is 0 Å². The molecule has 0 aliphatic rings. The third-order valence-electron chi connectivity index (χ3n) is 3.18. The summed E-state index contributed by atoms with van der Waals surface area (Å²) in [6.45, 7) is 0.460. The molecule has 0 bridgehead atoms. The summed E-state index contributed by atoms with van der Waals surface area (Å²) in [6.07, 6.45) is 0. The van der Waals surface area contributed by atoms with E-state index in [1.54, 1.807) is 7.11 Å². The van der Waals surface area contributed by atoms with Crippen LogP contribution in [-0.2, 0) is 6.61 Å². The molecule has 3 rings (SSSR count). The lowest BCUT2D eigenvalue weighted by Gasteiger charge is -2.06. The molecule has 0 radical (unpaired) electrons. The van der Waals surface area contributed by atoms with E-state index in [4.69, 9.17) is 15.2 Å². The van der Waals surface area contributed by atoms with Crippen molar-refractivity contribution in [2.75, 3.05) is 12.8 Å². The molecule has 0 saturated heterocycles. The summed E-state index contributed by atoms with van der Waals surface area (Å²) < 4.78 is 10.9. The number of methoxy groups -OCH3 is 1. The molecule has 0 aliphatic carbocycles. The summed E-state index contributed by atoms with van der Waals surface area (Å²) >= 11 is 0. The van der Waals surface area contributed by atoms with Gasteiger partial charge in [0.15, 0.2) is 0 Å². The van der Waals surface area contributed by atoms with E-state index >= 15 is 0 Å². The number of aromatic nitrogens is 1. The number of para-hydroxylation sites is 1. The first-order chi connectivity index (χ1) is 9.76. The average molecular weight is 268 g/mol. The Morgan fingerprint density at radius 3 is 2.65 bits per heavy atom. The topological polar surface area (TPSA) is 60.3 Å². The third kappa shape index (κ3) is 2.40. The fourth-order valence-electron chi connectivity index (χ4n) is 2.17. The number of H-pyrrole nitrogens is 1. The van der Waals surface area contributed by atoms with Gasteiger partial charge in [-0.25, -0.2) is 0 Å². The highest BCUT2D eigenvalue weighted by Crippen LogP contribution is 2.23. The Bertz CT molecular complexity index is 734. The Morgan fingerprint density at radius 2 is 1.85 bits per heavy atom. The zero-order chi connectivity index (χ0) is 13.9. The second kappa shape index (κ2) is 5.17. The summed E-state index contributed by atoms with van der Waals surface area (Å²) in [4.78, 5) is 3.28. The number of fused-ring (bicyclic) bond motifs is 1. The third-order valence-corrected chi connectivity index (χ3v) is 3.18. The van der Waals surface area contributed by atoms with E-state index < -0.39 is 0 Å². The lowest BCUT2D eigenvalue weighted by Crippen LogP contribution is -1.96. The molecule has 102 valence electrons. The number of aromatic amines is 1. The van der Waals surface area contributed by atoms with Crippen LogP contribution >= 0.6 is 0 Å². The summed E-state index contributed by atoms with van der Waals surface area (Å²) in [5.41, 5.74) is 8.61. The molecule has 4 nitrogen and oxygen atoms in total. The van der Waals surface area contributed by atoms with E-state index in [0.29, 0.717) is 6.61 Å². The smallest absolute Gasteiger partial charge is 0.128 e. The van der Waals surface area contributed by atoms with Gasteiger partial charge in [0.05, 0.1) is 24.0 Å². The Labute approximate surface area is 117 Å². The highest BCUT2D eigenvalue weighted by molar-refractivity contribution is 5.90. The quantitative estimate of drug-likeness (QED) is 0.713. The van der Waals surface area contributed by atoms with Crippen molar-refractivity contribution >= 4 is 16.6 Å². The minimum absolute atomic E-state index is 0.460. The van der Waals surface area contributed by atoms with E-state index in [1.165, 1.54) is 0 Å². The summed E-state index contributed by atoms with van der Waals surface area (Å²) in [6, 6.07) is 15.4. The molecular weight excluding hydrogens is 252 g/mol.